The van der Waals surface area contributed by atoms with Gasteiger partial charge >= 0.3 is 0 Å². The van der Waals surface area contributed by atoms with E-state index in [0.29, 0.717) is 12.5 Å². The van der Waals surface area contributed by atoms with Gasteiger partial charge in [0.25, 0.3) is 0 Å². The zero-order chi connectivity index (χ0) is 14.7. The number of rotatable bonds is 5. The van der Waals surface area contributed by atoms with Gasteiger partial charge in [-0.1, -0.05) is 19.1 Å². The molecule has 0 spiro atoms. The molecule has 2 atom stereocenters. The molecule has 3 rings (SSSR count). The Morgan fingerprint density at radius 1 is 1.43 bits per heavy atom. The lowest BCUT2D eigenvalue weighted by Crippen LogP contribution is -2.35. The van der Waals surface area contributed by atoms with E-state index in [-0.39, 0.29) is 11.8 Å². The minimum Gasteiger partial charge on any atom is -0.356 e. The number of benzene rings is 1. The molecule has 5 nitrogen and oxygen atoms in total. The fraction of sp³-hybridized carbons (Fsp3) is 0.500. The van der Waals surface area contributed by atoms with Gasteiger partial charge in [0, 0.05) is 19.6 Å². The number of fused-ring (bicyclic) bond motifs is 1. The van der Waals surface area contributed by atoms with Crippen LogP contribution in [0.1, 0.15) is 13.3 Å². The van der Waals surface area contributed by atoms with Crippen molar-refractivity contribution in [3.05, 3.63) is 30.6 Å². The van der Waals surface area contributed by atoms with Crippen molar-refractivity contribution in [1.82, 2.24) is 20.2 Å². The Balaban J connectivity index is 1.47. The van der Waals surface area contributed by atoms with Crippen LogP contribution in [-0.2, 0) is 11.3 Å². The van der Waals surface area contributed by atoms with Gasteiger partial charge in [0.1, 0.15) is 0 Å². The number of aryl methyl sites for hydroxylation is 1. The molecule has 2 heterocycles. The predicted octanol–water partition coefficient (Wildman–Crippen LogP) is 1.40. The first kappa shape index (κ1) is 14.1. The van der Waals surface area contributed by atoms with Crippen molar-refractivity contribution < 1.29 is 4.79 Å². The number of nitrogens with zero attached hydrogens (tertiary/aromatic N) is 2. The van der Waals surface area contributed by atoms with Gasteiger partial charge in [-0.2, -0.15) is 0 Å². The van der Waals surface area contributed by atoms with E-state index in [1.807, 2.05) is 24.5 Å². The highest BCUT2D eigenvalue weighted by Gasteiger charge is 2.28. The Labute approximate surface area is 124 Å². The second-order valence-electron chi connectivity index (χ2n) is 5.81. The second-order valence-corrected chi connectivity index (χ2v) is 5.81. The summed E-state index contributed by atoms with van der Waals surface area (Å²) >= 11 is 0. The van der Waals surface area contributed by atoms with E-state index in [2.05, 4.69) is 33.2 Å². The lowest BCUT2D eigenvalue weighted by atomic mass is 9.97. The van der Waals surface area contributed by atoms with Crippen LogP contribution in [0.4, 0.5) is 0 Å². The molecule has 2 N–H and O–H groups in total. The molecule has 1 aliphatic heterocycles. The van der Waals surface area contributed by atoms with Crippen LogP contribution >= 0.6 is 0 Å². The quantitative estimate of drug-likeness (QED) is 0.817. The zero-order valence-electron chi connectivity index (χ0n) is 12.4. The number of imidazole rings is 1. The van der Waals surface area contributed by atoms with Crippen LogP contribution in [0.5, 0.6) is 0 Å². The van der Waals surface area contributed by atoms with E-state index in [4.69, 9.17) is 0 Å². The van der Waals surface area contributed by atoms with Crippen molar-refractivity contribution in [2.75, 3.05) is 19.6 Å². The Bertz CT molecular complexity index is 622. The van der Waals surface area contributed by atoms with Gasteiger partial charge in [-0.25, -0.2) is 4.98 Å². The highest BCUT2D eigenvalue weighted by atomic mass is 16.1. The van der Waals surface area contributed by atoms with Crippen molar-refractivity contribution in [2.45, 2.75) is 19.9 Å². The van der Waals surface area contributed by atoms with Crippen LogP contribution in [0, 0.1) is 11.8 Å². The molecule has 1 fully saturated rings. The van der Waals surface area contributed by atoms with Crippen molar-refractivity contribution in [3.63, 3.8) is 0 Å². The molecule has 1 saturated heterocycles. The monoisotopic (exact) mass is 286 g/mol. The minimum atomic E-state index is 0.124. The summed E-state index contributed by atoms with van der Waals surface area (Å²) in [4.78, 5) is 16.4. The lowest BCUT2D eigenvalue weighted by molar-refractivity contribution is -0.125. The molecule has 0 saturated carbocycles. The molecule has 0 radical (unpaired) electrons. The van der Waals surface area contributed by atoms with Crippen molar-refractivity contribution in [2.24, 2.45) is 11.8 Å². The van der Waals surface area contributed by atoms with Gasteiger partial charge in [-0.3, -0.25) is 4.79 Å². The van der Waals surface area contributed by atoms with Crippen LogP contribution in [-0.4, -0.2) is 35.1 Å². The number of hydrogen-bond acceptors (Lipinski definition) is 3. The molecule has 2 aromatic rings. The molecule has 2 unspecified atom stereocenters. The number of aromatic nitrogens is 2. The fourth-order valence-corrected chi connectivity index (χ4v) is 2.94. The summed E-state index contributed by atoms with van der Waals surface area (Å²) in [6.07, 6.45) is 2.79. The van der Waals surface area contributed by atoms with Crippen molar-refractivity contribution in [3.8, 4) is 0 Å². The van der Waals surface area contributed by atoms with E-state index >= 15 is 0 Å². The molecule has 21 heavy (non-hydrogen) atoms. The maximum Gasteiger partial charge on any atom is 0.224 e. The third kappa shape index (κ3) is 3.08. The number of carbonyl (C=O) groups is 1. The van der Waals surface area contributed by atoms with E-state index in [1.54, 1.807) is 0 Å². The number of hydrogen-bond donors (Lipinski definition) is 2. The number of para-hydroxylation sites is 2. The molecule has 1 aromatic heterocycles. The average molecular weight is 286 g/mol. The lowest BCUT2D eigenvalue weighted by Gasteiger charge is -2.14. The van der Waals surface area contributed by atoms with Crippen molar-refractivity contribution >= 4 is 16.9 Å². The van der Waals surface area contributed by atoms with E-state index < -0.39 is 0 Å². The third-order valence-corrected chi connectivity index (χ3v) is 4.26. The molecular formula is C16H22N4O. The summed E-state index contributed by atoms with van der Waals surface area (Å²) in [5, 5.41) is 6.32. The fourth-order valence-electron chi connectivity index (χ4n) is 2.94. The van der Waals surface area contributed by atoms with Crippen LogP contribution in [0.2, 0.25) is 0 Å². The van der Waals surface area contributed by atoms with Crippen LogP contribution in [0.15, 0.2) is 30.6 Å². The van der Waals surface area contributed by atoms with E-state index in [0.717, 1.165) is 37.1 Å². The predicted molar refractivity (Wildman–Crippen MR) is 82.9 cm³/mol. The average Bonchev–Trinajstić information content (AvgIpc) is 3.10. The first-order chi connectivity index (χ1) is 10.3. The van der Waals surface area contributed by atoms with Crippen molar-refractivity contribution in [1.29, 1.82) is 0 Å². The number of carbonyl (C=O) groups excluding carboxylic acids is 1. The summed E-state index contributed by atoms with van der Waals surface area (Å²) in [5.74, 6) is 0.740. The smallest absolute Gasteiger partial charge is 0.224 e. The van der Waals surface area contributed by atoms with Crippen LogP contribution in [0.25, 0.3) is 11.0 Å². The summed E-state index contributed by atoms with van der Waals surface area (Å²) < 4.78 is 2.14. The first-order valence-corrected chi connectivity index (χ1v) is 7.64. The van der Waals surface area contributed by atoms with E-state index in [1.165, 1.54) is 0 Å². The Morgan fingerprint density at radius 3 is 3.10 bits per heavy atom. The van der Waals surface area contributed by atoms with Gasteiger partial charge in [-0.05, 0) is 31.0 Å². The molecule has 5 heteroatoms. The third-order valence-electron chi connectivity index (χ3n) is 4.26. The van der Waals surface area contributed by atoms with Gasteiger partial charge in [0.15, 0.2) is 0 Å². The number of amides is 1. The SMILES string of the molecule is CC1CNCC1C(=O)NCCCn1cnc2ccccc21. The highest BCUT2D eigenvalue weighted by molar-refractivity contribution is 5.79. The molecule has 112 valence electrons. The Morgan fingerprint density at radius 2 is 2.29 bits per heavy atom. The van der Waals surface area contributed by atoms with Crippen LogP contribution < -0.4 is 10.6 Å². The summed E-state index contributed by atoms with van der Waals surface area (Å²) in [6, 6.07) is 8.11. The summed E-state index contributed by atoms with van der Waals surface area (Å²) in [5.41, 5.74) is 2.17. The molecule has 0 bridgehead atoms. The molecule has 1 aliphatic rings. The molecule has 1 aromatic carbocycles. The normalized spacial score (nSPS) is 21.8. The second kappa shape index (κ2) is 6.26. The largest absolute Gasteiger partial charge is 0.356 e. The van der Waals surface area contributed by atoms with Crippen LogP contribution in [0.3, 0.4) is 0 Å². The molecule has 1 amide bonds. The van der Waals surface area contributed by atoms with Gasteiger partial charge in [0.05, 0.1) is 23.3 Å². The van der Waals surface area contributed by atoms with E-state index in [9.17, 15) is 4.79 Å². The van der Waals surface area contributed by atoms with Gasteiger partial charge in [-0.15, -0.1) is 0 Å². The highest BCUT2D eigenvalue weighted by Crippen LogP contribution is 2.15. The molecule has 0 aliphatic carbocycles. The summed E-state index contributed by atoms with van der Waals surface area (Å²) in [6.45, 7) is 5.47. The maximum absolute atomic E-state index is 12.1. The topological polar surface area (TPSA) is 59.0 Å². The standard InChI is InChI=1S/C16H22N4O/c1-12-9-17-10-13(12)16(21)18-7-4-8-20-11-19-14-5-2-3-6-15(14)20/h2-3,5-6,11-13,17H,4,7-10H2,1H3,(H,18,21). The minimum absolute atomic E-state index is 0.124. The number of nitrogens with one attached hydrogen (secondary N) is 2. The maximum atomic E-state index is 12.1. The summed E-state index contributed by atoms with van der Waals surface area (Å²) in [7, 11) is 0. The molecular weight excluding hydrogens is 264 g/mol. The zero-order valence-corrected chi connectivity index (χ0v) is 12.4. The van der Waals surface area contributed by atoms with Gasteiger partial charge in [0.2, 0.25) is 5.91 Å². The first-order valence-electron chi connectivity index (χ1n) is 7.64. The Hall–Kier alpha value is -1.88. The Kier molecular flexibility index (Phi) is 4.20. The van der Waals surface area contributed by atoms with Gasteiger partial charge < -0.3 is 15.2 Å².